The van der Waals surface area contributed by atoms with E-state index in [0.717, 1.165) is 25.0 Å². The lowest BCUT2D eigenvalue weighted by molar-refractivity contribution is -0.215. The predicted molar refractivity (Wildman–Crippen MR) is 165 cm³/mol. The smallest absolute Gasteiger partial charge is 0.253 e. The fourth-order valence-corrected chi connectivity index (χ4v) is 12.1. The number of carbonyl (C=O) groups excluding carboxylic acids is 2. The zero-order valence-electron chi connectivity index (χ0n) is 27.2. The summed E-state index contributed by atoms with van der Waals surface area (Å²) in [6.45, 7) is 21.6. The van der Waals surface area contributed by atoms with Crippen molar-refractivity contribution in [1.29, 1.82) is 0 Å². The summed E-state index contributed by atoms with van der Waals surface area (Å²) in [5.41, 5.74) is 5.14. The molecule has 1 aromatic rings. The van der Waals surface area contributed by atoms with Crippen molar-refractivity contribution >= 4 is 11.7 Å². The maximum atomic E-state index is 13.4. The number of nitrogens with one attached hydrogen (secondary N) is 1. The molecule has 5 aliphatic rings. The molecule has 6 rings (SSSR count). The van der Waals surface area contributed by atoms with Crippen molar-refractivity contribution in [2.24, 2.45) is 50.7 Å². The van der Waals surface area contributed by atoms with Crippen molar-refractivity contribution < 1.29 is 9.59 Å². The third-order valence-electron chi connectivity index (χ3n) is 14.4. The van der Waals surface area contributed by atoms with Crippen molar-refractivity contribution in [3.05, 3.63) is 40.7 Å². The van der Waals surface area contributed by atoms with E-state index in [2.05, 4.69) is 65.7 Å². The highest BCUT2D eigenvalue weighted by atomic mass is 16.1. The first-order valence-electron chi connectivity index (χ1n) is 16.6. The number of ketones is 1. The maximum Gasteiger partial charge on any atom is 0.253 e. The second-order valence-corrected chi connectivity index (χ2v) is 16.8. The molecule has 4 heteroatoms. The van der Waals surface area contributed by atoms with Crippen LogP contribution < -0.4 is 5.32 Å². The topological polar surface area (TPSA) is 59.1 Å². The summed E-state index contributed by atoms with van der Waals surface area (Å²) in [7, 11) is 0. The Morgan fingerprint density at radius 2 is 1.66 bits per heavy atom. The van der Waals surface area contributed by atoms with E-state index in [1.54, 1.807) is 11.8 Å². The SMILES string of the molecule is Cc1ncccc1C(=O)NC1CC[C@]2(C)[C@H]3CC[C@@H]4C5=C(C(C)C)C(=O)C[C@]5(C)CC[C@@]4(C)[C@]3(C)CC[C@H]2C1(C)C. The van der Waals surface area contributed by atoms with Crippen LogP contribution in [0.3, 0.4) is 0 Å². The molecule has 0 aromatic carbocycles. The van der Waals surface area contributed by atoms with E-state index in [1.165, 1.54) is 44.1 Å². The van der Waals surface area contributed by atoms with Gasteiger partial charge < -0.3 is 5.32 Å². The number of allylic oxidation sites excluding steroid dienone is 2. The number of Topliss-reactive ketones (excluding diaryl/α,β-unsaturated/α-hetero) is 1. The molecule has 4 nitrogen and oxygen atoms in total. The van der Waals surface area contributed by atoms with Gasteiger partial charge in [0.15, 0.2) is 5.78 Å². The molecule has 0 saturated heterocycles. The fourth-order valence-electron chi connectivity index (χ4n) is 12.1. The normalized spacial score (nSPS) is 43.2. The van der Waals surface area contributed by atoms with Crippen molar-refractivity contribution in [1.82, 2.24) is 10.3 Å². The molecule has 0 radical (unpaired) electrons. The molecule has 1 heterocycles. The van der Waals surface area contributed by atoms with Crippen LogP contribution in [-0.4, -0.2) is 22.7 Å². The van der Waals surface area contributed by atoms with E-state index in [-0.39, 0.29) is 39.0 Å². The highest BCUT2D eigenvalue weighted by Crippen LogP contribution is 2.76. The zero-order chi connectivity index (χ0) is 29.8. The summed E-state index contributed by atoms with van der Waals surface area (Å²) in [6.07, 6.45) is 12.1. The number of pyridine rings is 1. The van der Waals surface area contributed by atoms with Crippen LogP contribution in [0, 0.1) is 57.7 Å². The van der Waals surface area contributed by atoms with Crippen molar-refractivity contribution in [3.63, 3.8) is 0 Å². The molecule has 5 aliphatic carbocycles. The molecule has 1 amide bonds. The van der Waals surface area contributed by atoms with Gasteiger partial charge in [-0.2, -0.15) is 0 Å². The largest absolute Gasteiger partial charge is 0.349 e. The Labute approximate surface area is 248 Å². The lowest BCUT2D eigenvalue weighted by Crippen LogP contribution is -2.66. The van der Waals surface area contributed by atoms with Crippen LogP contribution in [0.1, 0.15) is 129 Å². The molecule has 0 bridgehead atoms. The monoisotopic (exact) mass is 558 g/mol. The summed E-state index contributed by atoms with van der Waals surface area (Å²) < 4.78 is 0. The number of rotatable bonds is 3. The van der Waals surface area contributed by atoms with Gasteiger partial charge in [0.05, 0.1) is 5.56 Å². The first-order valence-corrected chi connectivity index (χ1v) is 16.6. The van der Waals surface area contributed by atoms with Gasteiger partial charge in [0, 0.05) is 24.4 Å². The van der Waals surface area contributed by atoms with Crippen LogP contribution in [0.5, 0.6) is 0 Å². The van der Waals surface area contributed by atoms with Crippen molar-refractivity contribution in [2.75, 3.05) is 0 Å². The Bertz CT molecular complexity index is 1310. The van der Waals surface area contributed by atoms with Crippen LogP contribution in [0.15, 0.2) is 29.5 Å². The minimum absolute atomic E-state index is 0.0220. The van der Waals surface area contributed by atoms with Gasteiger partial charge in [0.25, 0.3) is 5.91 Å². The molecule has 224 valence electrons. The van der Waals surface area contributed by atoms with Crippen molar-refractivity contribution in [2.45, 2.75) is 126 Å². The summed E-state index contributed by atoms with van der Waals surface area (Å²) in [5, 5.41) is 3.48. The molecule has 41 heavy (non-hydrogen) atoms. The predicted octanol–water partition coefficient (Wildman–Crippen LogP) is 8.49. The van der Waals surface area contributed by atoms with E-state index >= 15 is 0 Å². The average Bonchev–Trinajstić information content (AvgIpc) is 3.16. The second-order valence-electron chi connectivity index (χ2n) is 16.8. The number of aromatic nitrogens is 1. The summed E-state index contributed by atoms with van der Waals surface area (Å²) in [4.78, 5) is 31.1. The molecular formula is C37H54N2O2. The summed E-state index contributed by atoms with van der Waals surface area (Å²) in [5.74, 6) is 2.58. The Morgan fingerprint density at radius 3 is 2.34 bits per heavy atom. The van der Waals surface area contributed by atoms with Crippen molar-refractivity contribution in [3.8, 4) is 0 Å². The third-order valence-corrected chi connectivity index (χ3v) is 14.4. The average molecular weight is 559 g/mol. The number of carbonyl (C=O) groups is 2. The highest BCUT2D eigenvalue weighted by Gasteiger charge is 2.69. The van der Waals surface area contributed by atoms with Gasteiger partial charge in [-0.25, -0.2) is 0 Å². The lowest BCUT2D eigenvalue weighted by atomic mass is 9.33. The van der Waals surface area contributed by atoms with Gasteiger partial charge in [0.1, 0.15) is 0 Å². The number of hydrogen-bond acceptors (Lipinski definition) is 3. The standard InChI is InChI=1S/C37H54N2O2/c1-22(2)30-26(40)21-34(6)18-19-36(8)25(31(30)34)12-13-28-35(7)16-15-29(33(4,5)27(35)14-17-37(28,36)9)39-32(41)24-11-10-20-38-23(24)3/h10-11,20,22,25,27-29H,12-19,21H2,1-9H3,(H,39,41)/t25-,27+,28-,29?,34+,35+,36-,37-/m1/s1. The minimum Gasteiger partial charge on any atom is -0.349 e. The van der Waals surface area contributed by atoms with Gasteiger partial charge in [-0.05, 0) is 127 Å². The number of fused-ring (bicyclic) bond motifs is 7. The van der Waals surface area contributed by atoms with Gasteiger partial charge in [-0.1, -0.05) is 61.0 Å². The van der Waals surface area contributed by atoms with E-state index in [4.69, 9.17) is 0 Å². The van der Waals surface area contributed by atoms with Gasteiger partial charge in [-0.3, -0.25) is 14.6 Å². The van der Waals surface area contributed by atoms with Gasteiger partial charge in [0.2, 0.25) is 0 Å². The number of amides is 1. The zero-order valence-corrected chi connectivity index (χ0v) is 27.2. The Hall–Kier alpha value is -1.97. The minimum atomic E-state index is 0.0220. The van der Waals surface area contributed by atoms with E-state index in [9.17, 15) is 9.59 Å². The molecule has 4 saturated carbocycles. The molecule has 1 unspecified atom stereocenters. The maximum absolute atomic E-state index is 13.4. The van der Waals surface area contributed by atoms with Crippen LogP contribution in [0.25, 0.3) is 0 Å². The Kier molecular flexibility index (Phi) is 6.58. The second kappa shape index (κ2) is 9.26. The molecule has 8 atom stereocenters. The summed E-state index contributed by atoms with van der Waals surface area (Å²) in [6, 6.07) is 3.93. The van der Waals surface area contributed by atoms with Crippen LogP contribution in [0.4, 0.5) is 0 Å². The van der Waals surface area contributed by atoms with E-state index in [0.29, 0.717) is 35.0 Å². The number of hydrogen-bond donors (Lipinski definition) is 1. The first-order chi connectivity index (χ1) is 19.1. The molecule has 0 spiro atoms. The quantitative estimate of drug-likeness (QED) is 0.405. The molecule has 0 aliphatic heterocycles. The molecule has 1 aromatic heterocycles. The number of aryl methyl sites for hydroxylation is 1. The van der Waals surface area contributed by atoms with Gasteiger partial charge in [-0.15, -0.1) is 0 Å². The molecule has 1 N–H and O–H groups in total. The first kappa shape index (κ1) is 29.1. The fraction of sp³-hybridized carbons (Fsp3) is 0.757. The van der Waals surface area contributed by atoms with E-state index < -0.39 is 0 Å². The van der Waals surface area contributed by atoms with E-state index in [1.807, 2.05) is 19.1 Å². The Morgan fingerprint density at radius 1 is 0.927 bits per heavy atom. The third kappa shape index (κ3) is 3.86. The van der Waals surface area contributed by atoms with Crippen LogP contribution in [-0.2, 0) is 4.79 Å². The highest BCUT2D eigenvalue weighted by molar-refractivity contribution is 6.00. The molecule has 4 fully saturated rings. The van der Waals surface area contributed by atoms with Gasteiger partial charge >= 0.3 is 0 Å². The molecular weight excluding hydrogens is 504 g/mol. The van der Waals surface area contributed by atoms with Crippen LogP contribution in [0.2, 0.25) is 0 Å². The lowest BCUT2D eigenvalue weighted by Gasteiger charge is -2.72. The number of nitrogens with zero attached hydrogens (tertiary/aromatic N) is 1. The van der Waals surface area contributed by atoms with Crippen LogP contribution >= 0.6 is 0 Å². The Balaban J connectivity index is 1.31. The summed E-state index contributed by atoms with van der Waals surface area (Å²) >= 11 is 0.